The van der Waals surface area contributed by atoms with Crippen molar-refractivity contribution >= 4 is 33.4 Å². The first-order valence-electron chi connectivity index (χ1n) is 8.65. The Kier molecular flexibility index (Phi) is 5.07. The van der Waals surface area contributed by atoms with Crippen molar-refractivity contribution in [3.63, 3.8) is 0 Å². The van der Waals surface area contributed by atoms with Crippen LogP contribution in [-0.2, 0) is 13.1 Å². The van der Waals surface area contributed by atoms with Gasteiger partial charge in [0.05, 0.1) is 10.2 Å². The van der Waals surface area contributed by atoms with E-state index >= 15 is 0 Å². The van der Waals surface area contributed by atoms with E-state index in [0.717, 1.165) is 21.3 Å². The SMILES string of the molecule is O=C(NCc1ccccc1)c1nc(NCc2ccccc2)nc2ccsc12. The molecule has 0 fully saturated rings. The molecule has 6 heteroatoms. The van der Waals surface area contributed by atoms with Gasteiger partial charge in [0.1, 0.15) is 0 Å². The molecular formula is C21H18N4OS. The predicted octanol–water partition coefficient (Wildman–Crippen LogP) is 4.23. The van der Waals surface area contributed by atoms with Crippen LogP contribution < -0.4 is 10.6 Å². The zero-order chi connectivity index (χ0) is 18.5. The van der Waals surface area contributed by atoms with Crippen LogP contribution >= 0.6 is 11.3 Å². The molecule has 0 radical (unpaired) electrons. The molecule has 0 saturated carbocycles. The van der Waals surface area contributed by atoms with Gasteiger partial charge < -0.3 is 10.6 Å². The summed E-state index contributed by atoms with van der Waals surface area (Å²) in [5.74, 6) is 0.256. The molecule has 2 heterocycles. The fourth-order valence-electron chi connectivity index (χ4n) is 2.74. The number of anilines is 1. The molecule has 0 spiro atoms. The topological polar surface area (TPSA) is 66.9 Å². The number of rotatable bonds is 6. The Labute approximate surface area is 161 Å². The normalized spacial score (nSPS) is 10.7. The van der Waals surface area contributed by atoms with Gasteiger partial charge in [0, 0.05) is 13.1 Å². The average molecular weight is 374 g/mol. The summed E-state index contributed by atoms with van der Waals surface area (Å²) in [5.41, 5.74) is 3.35. The second kappa shape index (κ2) is 7.97. The van der Waals surface area contributed by atoms with Crippen LogP contribution in [0.1, 0.15) is 21.6 Å². The van der Waals surface area contributed by atoms with Crippen LogP contribution in [0.15, 0.2) is 72.1 Å². The Bertz CT molecular complexity index is 1050. The summed E-state index contributed by atoms with van der Waals surface area (Å²) in [7, 11) is 0. The standard InChI is InChI=1S/C21H18N4OS/c26-20(22-13-15-7-3-1-4-8-15)18-19-17(11-12-27-19)24-21(25-18)23-14-16-9-5-2-6-10-16/h1-12H,13-14H2,(H,22,26)(H,23,24,25). The first-order valence-corrected chi connectivity index (χ1v) is 9.53. The number of benzene rings is 2. The number of nitrogens with one attached hydrogen (secondary N) is 2. The van der Waals surface area contributed by atoms with E-state index in [1.807, 2.05) is 72.1 Å². The molecule has 0 bridgehead atoms. The third kappa shape index (κ3) is 4.12. The smallest absolute Gasteiger partial charge is 0.271 e. The molecule has 2 aromatic heterocycles. The summed E-state index contributed by atoms with van der Waals surface area (Å²) in [4.78, 5) is 21.7. The van der Waals surface area contributed by atoms with Crippen molar-refractivity contribution < 1.29 is 4.79 Å². The van der Waals surface area contributed by atoms with Crippen molar-refractivity contribution in [1.82, 2.24) is 15.3 Å². The van der Waals surface area contributed by atoms with E-state index in [-0.39, 0.29) is 5.91 Å². The van der Waals surface area contributed by atoms with Crippen LogP contribution in [-0.4, -0.2) is 15.9 Å². The lowest BCUT2D eigenvalue weighted by atomic mass is 10.2. The van der Waals surface area contributed by atoms with E-state index in [9.17, 15) is 4.79 Å². The highest BCUT2D eigenvalue weighted by Crippen LogP contribution is 2.24. The van der Waals surface area contributed by atoms with Crippen LogP contribution in [0.5, 0.6) is 0 Å². The van der Waals surface area contributed by atoms with E-state index in [1.165, 1.54) is 11.3 Å². The summed E-state index contributed by atoms with van der Waals surface area (Å²) in [6, 6.07) is 21.7. The molecule has 2 N–H and O–H groups in total. The Hall–Kier alpha value is -3.25. The Morgan fingerprint density at radius 3 is 2.22 bits per heavy atom. The van der Waals surface area contributed by atoms with Gasteiger partial charge in [-0.2, -0.15) is 0 Å². The van der Waals surface area contributed by atoms with Crippen LogP contribution in [0, 0.1) is 0 Å². The van der Waals surface area contributed by atoms with Gasteiger partial charge in [-0.25, -0.2) is 9.97 Å². The number of thiophene rings is 1. The minimum absolute atomic E-state index is 0.198. The van der Waals surface area contributed by atoms with E-state index in [4.69, 9.17) is 0 Å². The molecule has 0 aliphatic heterocycles. The van der Waals surface area contributed by atoms with E-state index in [2.05, 4.69) is 20.6 Å². The number of carbonyl (C=O) groups is 1. The minimum atomic E-state index is -0.198. The third-order valence-electron chi connectivity index (χ3n) is 4.11. The highest BCUT2D eigenvalue weighted by atomic mass is 32.1. The number of nitrogens with zero attached hydrogens (tertiary/aromatic N) is 2. The molecule has 0 atom stereocenters. The molecule has 0 saturated heterocycles. The highest BCUT2D eigenvalue weighted by Gasteiger charge is 2.16. The maximum Gasteiger partial charge on any atom is 0.271 e. The molecule has 1 amide bonds. The maximum absolute atomic E-state index is 12.7. The van der Waals surface area contributed by atoms with Crippen molar-refractivity contribution in [3.05, 3.63) is 88.9 Å². The third-order valence-corrected chi connectivity index (χ3v) is 5.02. The van der Waals surface area contributed by atoms with Crippen LogP contribution in [0.2, 0.25) is 0 Å². The van der Waals surface area contributed by atoms with Crippen molar-refractivity contribution in [1.29, 1.82) is 0 Å². The van der Waals surface area contributed by atoms with Crippen LogP contribution in [0.25, 0.3) is 10.2 Å². The molecule has 0 aliphatic rings. The second-order valence-electron chi connectivity index (χ2n) is 6.04. The lowest BCUT2D eigenvalue weighted by Crippen LogP contribution is -2.24. The van der Waals surface area contributed by atoms with E-state index in [0.29, 0.717) is 24.7 Å². The number of amides is 1. The Morgan fingerprint density at radius 2 is 1.52 bits per heavy atom. The van der Waals surface area contributed by atoms with Gasteiger partial charge in [-0.15, -0.1) is 11.3 Å². The molecule has 4 rings (SSSR count). The monoisotopic (exact) mass is 374 g/mol. The van der Waals surface area contributed by atoms with Crippen molar-refractivity contribution in [2.45, 2.75) is 13.1 Å². The first kappa shape index (κ1) is 17.2. The summed E-state index contributed by atoms with van der Waals surface area (Å²) in [6.45, 7) is 1.06. The number of hydrogen-bond donors (Lipinski definition) is 2. The molecular weight excluding hydrogens is 356 g/mol. The van der Waals surface area contributed by atoms with Crippen molar-refractivity contribution in [3.8, 4) is 0 Å². The zero-order valence-electron chi connectivity index (χ0n) is 14.6. The molecule has 27 heavy (non-hydrogen) atoms. The fraction of sp³-hybridized carbons (Fsp3) is 0.0952. The van der Waals surface area contributed by atoms with Gasteiger partial charge in [-0.3, -0.25) is 4.79 Å². The largest absolute Gasteiger partial charge is 0.350 e. The van der Waals surface area contributed by atoms with Gasteiger partial charge in [0.25, 0.3) is 5.91 Å². The number of carbonyl (C=O) groups excluding carboxylic acids is 1. The number of aromatic nitrogens is 2. The summed E-state index contributed by atoms with van der Waals surface area (Å²) in [5, 5.41) is 8.09. The second-order valence-corrected chi connectivity index (χ2v) is 6.95. The van der Waals surface area contributed by atoms with E-state index < -0.39 is 0 Å². The number of fused-ring (bicyclic) bond motifs is 1. The summed E-state index contributed by atoms with van der Waals surface area (Å²) >= 11 is 1.47. The fourth-order valence-corrected chi connectivity index (χ4v) is 3.55. The molecule has 2 aromatic carbocycles. The van der Waals surface area contributed by atoms with Crippen LogP contribution in [0.4, 0.5) is 5.95 Å². The van der Waals surface area contributed by atoms with E-state index in [1.54, 1.807) is 0 Å². The van der Waals surface area contributed by atoms with Gasteiger partial charge in [0.2, 0.25) is 5.95 Å². The zero-order valence-corrected chi connectivity index (χ0v) is 15.4. The number of hydrogen-bond acceptors (Lipinski definition) is 5. The van der Waals surface area contributed by atoms with Crippen molar-refractivity contribution in [2.24, 2.45) is 0 Å². The van der Waals surface area contributed by atoms with Crippen LogP contribution in [0.3, 0.4) is 0 Å². The molecule has 0 aliphatic carbocycles. The molecule has 4 aromatic rings. The van der Waals surface area contributed by atoms with Gasteiger partial charge >= 0.3 is 0 Å². The maximum atomic E-state index is 12.7. The molecule has 5 nitrogen and oxygen atoms in total. The summed E-state index contributed by atoms with van der Waals surface area (Å²) < 4.78 is 0.797. The predicted molar refractivity (Wildman–Crippen MR) is 109 cm³/mol. The lowest BCUT2D eigenvalue weighted by molar-refractivity contribution is 0.0948. The first-order chi connectivity index (χ1) is 13.3. The van der Waals surface area contributed by atoms with Crippen molar-refractivity contribution in [2.75, 3.05) is 5.32 Å². The van der Waals surface area contributed by atoms with Gasteiger partial charge in [0.15, 0.2) is 5.69 Å². The molecule has 134 valence electrons. The average Bonchev–Trinajstić information content (AvgIpc) is 3.20. The summed E-state index contributed by atoms with van der Waals surface area (Å²) in [6.07, 6.45) is 0. The Balaban J connectivity index is 1.54. The molecule has 0 unspecified atom stereocenters. The van der Waals surface area contributed by atoms with Gasteiger partial charge in [-0.1, -0.05) is 60.7 Å². The lowest BCUT2D eigenvalue weighted by Gasteiger charge is -2.09. The quantitative estimate of drug-likeness (QED) is 0.530. The highest BCUT2D eigenvalue weighted by molar-refractivity contribution is 7.17. The Morgan fingerprint density at radius 1 is 0.852 bits per heavy atom. The van der Waals surface area contributed by atoms with Gasteiger partial charge in [-0.05, 0) is 22.6 Å². The minimum Gasteiger partial charge on any atom is -0.350 e.